The van der Waals surface area contributed by atoms with Crippen LogP contribution in [0.1, 0.15) is 82.1 Å². The number of carbonyl (C=O) groups excluding carboxylic acids is 1. The highest BCUT2D eigenvalue weighted by Gasteiger charge is 2.35. The number of alkyl halides is 3. The van der Waals surface area contributed by atoms with Crippen LogP contribution in [-0.4, -0.2) is 20.7 Å². The molecule has 8 nitrogen and oxygen atoms in total. The second-order valence-corrected chi connectivity index (χ2v) is 13.8. The summed E-state index contributed by atoms with van der Waals surface area (Å²) >= 11 is 0. The normalized spacial score (nSPS) is 10.9. The Balaban J connectivity index is 0.000000996. The number of phenols is 1. The topological polar surface area (TPSA) is 103 Å². The predicted octanol–water partition coefficient (Wildman–Crippen LogP) is 11.4. The number of phenolic OH excluding ortho intramolecular Hbond substituents is 1. The molecule has 0 saturated heterocycles. The molecule has 0 aliphatic carbocycles. The molecule has 0 unspecified atom stereocenters. The number of carbonyl (C=O) groups is 1. The molecule has 0 aliphatic rings. The molecule has 0 fully saturated rings. The Morgan fingerprint density at radius 2 is 1.43 bits per heavy atom. The van der Waals surface area contributed by atoms with Crippen LogP contribution in [0.5, 0.6) is 5.75 Å². The number of hydrazine groups is 2. The summed E-state index contributed by atoms with van der Waals surface area (Å²) in [7, 11) is 0. The highest BCUT2D eigenvalue weighted by molar-refractivity contribution is 5.97. The van der Waals surface area contributed by atoms with Crippen LogP contribution in [0.4, 0.5) is 30.2 Å². The Morgan fingerprint density at radius 1 is 0.830 bits per heavy atom. The van der Waals surface area contributed by atoms with Gasteiger partial charge in [-0.15, -0.1) is 0 Å². The van der Waals surface area contributed by atoms with Crippen molar-refractivity contribution < 1.29 is 23.1 Å². The highest BCUT2D eigenvalue weighted by atomic mass is 19.4. The Labute approximate surface area is 311 Å². The first-order valence-electron chi connectivity index (χ1n) is 17.5. The summed E-state index contributed by atoms with van der Waals surface area (Å²) < 4.78 is 41.9. The van der Waals surface area contributed by atoms with Crippen LogP contribution in [0.2, 0.25) is 0 Å². The number of nitrogens with one attached hydrogen (secondary N) is 4. The van der Waals surface area contributed by atoms with E-state index in [-0.39, 0.29) is 17.1 Å². The Hall–Kier alpha value is -5.71. The van der Waals surface area contributed by atoms with Gasteiger partial charge in [0.1, 0.15) is 5.75 Å². The fourth-order valence-electron chi connectivity index (χ4n) is 4.74. The molecule has 0 spiro atoms. The van der Waals surface area contributed by atoms with Crippen molar-refractivity contribution in [3.8, 4) is 22.7 Å². The van der Waals surface area contributed by atoms with Crippen LogP contribution >= 0.6 is 0 Å². The summed E-state index contributed by atoms with van der Waals surface area (Å²) in [5.74, 6) is -0.305. The van der Waals surface area contributed by atoms with Gasteiger partial charge in [0.2, 0.25) is 0 Å². The molecule has 0 atom stereocenters. The lowest BCUT2D eigenvalue weighted by molar-refractivity contribution is -0.141. The maximum absolute atomic E-state index is 13.5. The van der Waals surface area contributed by atoms with E-state index in [0.717, 1.165) is 28.6 Å². The van der Waals surface area contributed by atoms with Gasteiger partial charge in [-0.05, 0) is 92.3 Å². The summed E-state index contributed by atoms with van der Waals surface area (Å²) in [6.45, 7) is 20.2. The third-order valence-corrected chi connectivity index (χ3v) is 7.27. The number of nitrogens with zero attached hydrogens (tertiary/aromatic N) is 2. The van der Waals surface area contributed by atoms with Gasteiger partial charge in [-0.2, -0.15) is 18.3 Å². The number of Topliss-reactive ketones (excluding diaryl/α,β-unsaturated/α-hetero) is 1. The number of benzene rings is 4. The Morgan fingerprint density at radius 3 is 2.04 bits per heavy atom. The largest absolute Gasteiger partial charge is 0.507 e. The summed E-state index contributed by atoms with van der Waals surface area (Å²) in [5, 5.41) is 13.8. The van der Waals surface area contributed by atoms with Crippen LogP contribution in [-0.2, 0) is 12.6 Å². The summed E-state index contributed by atoms with van der Waals surface area (Å²) in [6, 6.07) is 27.7. The van der Waals surface area contributed by atoms with E-state index in [4.69, 9.17) is 0 Å². The van der Waals surface area contributed by atoms with Gasteiger partial charge < -0.3 is 26.8 Å². The smallest absolute Gasteiger partial charge is 0.435 e. The van der Waals surface area contributed by atoms with Crippen LogP contribution in [0.3, 0.4) is 0 Å². The molecule has 11 heteroatoms. The molecule has 0 aliphatic heterocycles. The third-order valence-electron chi connectivity index (χ3n) is 7.27. The van der Waals surface area contributed by atoms with Gasteiger partial charge in [0, 0.05) is 11.3 Å². The van der Waals surface area contributed by atoms with E-state index in [9.17, 15) is 23.1 Å². The molecule has 0 radical (unpaired) electrons. The van der Waals surface area contributed by atoms with Crippen molar-refractivity contribution in [2.45, 2.75) is 74.4 Å². The number of ketones is 1. The van der Waals surface area contributed by atoms with Gasteiger partial charge >= 0.3 is 6.18 Å². The first-order chi connectivity index (χ1) is 25.0. The standard InChI is InChI=1S/C35H33F3N6O2.C5H12.C2H6/c1-22-8-11-26(12-9-22)32-21-34(35(36,37)38)43-44(32)29-17-14-27(15-18-29)40-39-23(2)10-13-25-6-4-5-7-31(25)42-41-28-16-19-33(46)30(20-28)24(3)45;1-5(2,3)4;1-2/h4-9,11-12,14-21,39-42,46H,2,10,13H2,1,3H3;1-4H3;1-2H3. The molecule has 4 aromatic carbocycles. The van der Waals surface area contributed by atoms with Gasteiger partial charge in [-0.25, -0.2) is 4.68 Å². The van der Waals surface area contributed by atoms with Crippen LogP contribution in [0.15, 0.2) is 109 Å². The number of halogens is 3. The van der Waals surface area contributed by atoms with E-state index in [1.54, 1.807) is 48.5 Å². The number of allylic oxidation sites excluding steroid dienone is 1. The SMILES string of the molecule is C=C(CCc1ccccc1NNc1ccc(O)c(C(C)=O)c1)NNc1ccc(-n2nc(C(F)(F)F)cc2-c2ccc(C)cc2)cc1.CC.CC(C)(C)C. The van der Waals surface area contributed by atoms with E-state index in [1.807, 2.05) is 57.2 Å². The maximum atomic E-state index is 13.5. The van der Waals surface area contributed by atoms with E-state index < -0.39 is 11.9 Å². The summed E-state index contributed by atoms with van der Waals surface area (Å²) in [6.07, 6.45) is -3.31. The number of anilines is 3. The maximum Gasteiger partial charge on any atom is 0.435 e. The second kappa shape index (κ2) is 18.7. The first kappa shape index (κ1) is 41.7. The molecule has 5 N–H and O–H groups in total. The quantitative estimate of drug-likeness (QED) is 0.0495. The number of para-hydroxylation sites is 1. The lowest BCUT2D eigenvalue weighted by Gasteiger charge is -2.16. The number of aromatic hydroxyl groups is 1. The fraction of sp³-hybridized carbons (Fsp3) is 0.286. The summed E-state index contributed by atoms with van der Waals surface area (Å²) in [5.41, 5.74) is 18.5. The molecule has 0 amide bonds. The van der Waals surface area contributed by atoms with Crippen LogP contribution < -0.4 is 21.7 Å². The number of aryl methyl sites for hydroxylation is 2. The van der Waals surface area contributed by atoms with E-state index in [2.05, 4.69) is 61.1 Å². The van der Waals surface area contributed by atoms with Crippen molar-refractivity contribution >= 4 is 22.8 Å². The van der Waals surface area contributed by atoms with E-state index in [0.29, 0.717) is 46.6 Å². The molecule has 0 bridgehead atoms. The number of hydrogen-bond donors (Lipinski definition) is 5. The monoisotopic (exact) mass is 728 g/mol. The van der Waals surface area contributed by atoms with Crippen molar-refractivity contribution in [2.24, 2.45) is 5.41 Å². The average Bonchev–Trinajstić information content (AvgIpc) is 3.57. The Bertz CT molecular complexity index is 1940. The van der Waals surface area contributed by atoms with Gasteiger partial charge in [0.05, 0.1) is 34.0 Å². The zero-order valence-electron chi connectivity index (χ0n) is 31.7. The van der Waals surface area contributed by atoms with Crippen molar-refractivity contribution in [3.05, 3.63) is 132 Å². The third kappa shape index (κ3) is 13.1. The minimum atomic E-state index is -4.57. The molecule has 5 rings (SSSR count). The first-order valence-corrected chi connectivity index (χ1v) is 17.5. The number of rotatable bonds is 12. The Kier molecular flexibility index (Phi) is 14.7. The van der Waals surface area contributed by atoms with Crippen molar-refractivity contribution in [2.75, 3.05) is 16.3 Å². The molecule has 5 aromatic rings. The molecular formula is C42H51F3N6O2. The van der Waals surface area contributed by atoms with Crippen LogP contribution in [0.25, 0.3) is 16.9 Å². The number of aromatic nitrogens is 2. The molecular weight excluding hydrogens is 677 g/mol. The minimum absolute atomic E-state index is 0.0706. The molecule has 1 aromatic heterocycles. The van der Waals surface area contributed by atoms with Crippen molar-refractivity contribution in [1.29, 1.82) is 0 Å². The van der Waals surface area contributed by atoms with Gasteiger partial charge in [0.25, 0.3) is 0 Å². The highest BCUT2D eigenvalue weighted by Crippen LogP contribution is 2.33. The minimum Gasteiger partial charge on any atom is -0.507 e. The lowest BCUT2D eigenvalue weighted by atomic mass is 10.0. The zero-order valence-corrected chi connectivity index (χ0v) is 31.7. The molecule has 0 saturated carbocycles. The molecule has 53 heavy (non-hydrogen) atoms. The average molecular weight is 729 g/mol. The fourth-order valence-corrected chi connectivity index (χ4v) is 4.74. The van der Waals surface area contributed by atoms with Gasteiger partial charge in [-0.1, -0.05) is 96.1 Å². The molecule has 1 heterocycles. The second-order valence-electron chi connectivity index (χ2n) is 13.8. The lowest BCUT2D eigenvalue weighted by Crippen LogP contribution is -2.20. The number of hydrogen-bond acceptors (Lipinski definition) is 7. The van der Waals surface area contributed by atoms with E-state index >= 15 is 0 Å². The van der Waals surface area contributed by atoms with Crippen molar-refractivity contribution in [3.63, 3.8) is 0 Å². The summed E-state index contributed by atoms with van der Waals surface area (Å²) in [4.78, 5) is 11.7. The zero-order chi connectivity index (χ0) is 39.3. The van der Waals surface area contributed by atoms with Crippen LogP contribution in [0, 0.1) is 12.3 Å². The van der Waals surface area contributed by atoms with E-state index in [1.165, 1.54) is 17.7 Å². The predicted molar refractivity (Wildman–Crippen MR) is 211 cm³/mol. The van der Waals surface area contributed by atoms with Crippen molar-refractivity contribution in [1.82, 2.24) is 15.2 Å². The van der Waals surface area contributed by atoms with Gasteiger partial charge in [0.15, 0.2) is 11.5 Å². The van der Waals surface area contributed by atoms with Gasteiger partial charge in [-0.3, -0.25) is 4.79 Å². The molecule has 282 valence electrons.